The molecule has 3 heteroatoms. The number of fused-ring (bicyclic) bond motifs is 3. The molecule has 0 saturated heterocycles. The monoisotopic (exact) mass is 198 g/mol. The molecule has 0 N–H and O–H groups in total. The van der Waals surface area contributed by atoms with Crippen molar-refractivity contribution < 1.29 is 4.74 Å². The van der Waals surface area contributed by atoms with Gasteiger partial charge in [-0.2, -0.15) is 0 Å². The Bertz CT molecular complexity index is 574. The molecule has 0 spiro atoms. The molecule has 2 aromatic heterocycles. The van der Waals surface area contributed by atoms with Crippen LogP contribution < -0.4 is 4.74 Å². The first-order valence-corrected chi connectivity index (χ1v) is 4.78. The highest BCUT2D eigenvalue weighted by atomic mass is 16.5. The SMILES string of the molecule is COc1c2ccccc2n2ccncc12. The highest BCUT2D eigenvalue weighted by Crippen LogP contribution is 2.32. The lowest BCUT2D eigenvalue weighted by molar-refractivity contribution is 0.424. The van der Waals surface area contributed by atoms with E-state index in [2.05, 4.69) is 21.5 Å². The fourth-order valence-corrected chi connectivity index (χ4v) is 1.97. The predicted octanol–water partition coefficient (Wildman–Crippen LogP) is 2.50. The summed E-state index contributed by atoms with van der Waals surface area (Å²) in [5, 5.41) is 1.12. The largest absolute Gasteiger partial charge is 0.494 e. The molecular weight excluding hydrogens is 188 g/mol. The third-order valence-corrected chi connectivity index (χ3v) is 2.60. The maximum absolute atomic E-state index is 5.42. The van der Waals surface area contributed by atoms with Gasteiger partial charge in [-0.3, -0.25) is 4.98 Å². The third kappa shape index (κ3) is 1.03. The van der Waals surface area contributed by atoms with E-state index in [0.29, 0.717) is 0 Å². The fraction of sp³-hybridized carbons (Fsp3) is 0.0833. The number of methoxy groups -OCH3 is 1. The maximum atomic E-state index is 5.42. The second-order valence-corrected chi connectivity index (χ2v) is 3.38. The van der Waals surface area contributed by atoms with E-state index >= 15 is 0 Å². The number of ether oxygens (including phenoxy) is 1. The first-order valence-electron chi connectivity index (χ1n) is 4.78. The molecule has 0 radical (unpaired) electrons. The van der Waals surface area contributed by atoms with Crippen molar-refractivity contribution in [1.82, 2.24) is 9.38 Å². The second-order valence-electron chi connectivity index (χ2n) is 3.38. The van der Waals surface area contributed by atoms with Crippen LogP contribution in [0.2, 0.25) is 0 Å². The smallest absolute Gasteiger partial charge is 0.153 e. The zero-order valence-corrected chi connectivity index (χ0v) is 8.34. The lowest BCUT2D eigenvalue weighted by Crippen LogP contribution is -1.85. The van der Waals surface area contributed by atoms with Crippen molar-refractivity contribution in [3.63, 3.8) is 0 Å². The Labute approximate surface area is 86.9 Å². The van der Waals surface area contributed by atoms with Gasteiger partial charge in [0.15, 0.2) is 5.75 Å². The first-order chi connectivity index (χ1) is 7.42. The molecule has 0 amide bonds. The van der Waals surface area contributed by atoms with E-state index in [9.17, 15) is 0 Å². The maximum Gasteiger partial charge on any atom is 0.153 e. The Morgan fingerprint density at radius 3 is 2.93 bits per heavy atom. The zero-order chi connectivity index (χ0) is 10.3. The average Bonchev–Trinajstić information content (AvgIpc) is 2.63. The van der Waals surface area contributed by atoms with Gasteiger partial charge in [0.05, 0.1) is 18.8 Å². The molecule has 0 aliphatic rings. The summed E-state index contributed by atoms with van der Waals surface area (Å²) in [7, 11) is 1.69. The molecule has 74 valence electrons. The minimum absolute atomic E-state index is 0.888. The Morgan fingerprint density at radius 2 is 2.07 bits per heavy atom. The van der Waals surface area contributed by atoms with Gasteiger partial charge in [-0.15, -0.1) is 0 Å². The van der Waals surface area contributed by atoms with E-state index in [4.69, 9.17) is 4.74 Å². The molecule has 3 nitrogen and oxygen atoms in total. The van der Waals surface area contributed by atoms with Gasteiger partial charge in [-0.25, -0.2) is 0 Å². The summed E-state index contributed by atoms with van der Waals surface area (Å²) >= 11 is 0. The van der Waals surface area contributed by atoms with Gasteiger partial charge in [0, 0.05) is 17.8 Å². The lowest BCUT2D eigenvalue weighted by atomic mass is 10.2. The van der Waals surface area contributed by atoms with Crippen molar-refractivity contribution >= 4 is 16.4 Å². The van der Waals surface area contributed by atoms with E-state index in [1.54, 1.807) is 13.3 Å². The molecule has 2 heterocycles. The quantitative estimate of drug-likeness (QED) is 0.600. The van der Waals surface area contributed by atoms with Gasteiger partial charge in [0.1, 0.15) is 5.52 Å². The van der Waals surface area contributed by atoms with Crippen molar-refractivity contribution in [1.29, 1.82) is 0 Å². The summed E-state index contributed by atoms with van der Waals surface area (Å²) in [6.45, 7) is 0. The van der Waals surface area contributed by atoms with Crippen molar-refractivity contribution in [2.45, 2.75) is 0 Å². The molecule has 0 fully saturated rings. The molecule has 0 aliphatic carbocycles. The Kier molecular flexibility index (Phi) is 1.65. The average molecular weight is 198 g/mol. The van der Waals surface area contributed by atoms with Gasteiger partial charge in [-0.05, 0) is 12.1 Å². The van der Waals surface area contributed by atoms with Crippen LogP contribution in [-0.2, 0) is 0 Å². The molecule has 0 unspecified atom stereocenters. The summed E-state index contributed by atoms with van der Waals surface area (Å²) < 4.78 is 7.50. The second kappa shape index (κ2) is 2.98. The molecular formula is C12H10N2O. The standard InChI is InChI=1S/C12H10N2O/c1-15-12-9-4-2-3-5-10(9)14-7-6-13-8-11(12)14/h2-8H,1H3. The molecule has 0 bridgehead atoms. The third-order valence-electron chi connectivity index (χ3n) is 2.60. The highest BCUT2D eigenvalue weighted by molar-refractivity contribution is 5.95. The van der Waals surface area contributed by atoms with Gasteiger partial charge in [-0.1, -0.05) is 12.1 Å². The minimum Gasteiger partial charge on any atom is -0.494 e. The predicted molar refractivity (Wildman–Crippen MR) is 59.3 cm³/mol. The number of aromatic nitrogens is 2. The van der Waals surface area contributed by atoms with E-state index in [0.717, 1.165) is 22.2 Å². The molecule has 0 saturated carbocycles. The summed E-state index contributed by atoms with van der Waals surface area (Å²) in [6, 6.07) is 8.17. The van der Waals surface area contributed by atoms with Crippen molar-refractivity contribution in [3.8, 4) is 5.75 Å². The van der Waals surface area contributed by atoms with Crippen LogP contribution in [0.5, 0.6) is 5.75 Å². The van der Waals surface area contributed by atoms with Gasteiger partial charge in [0.2, 0.25) is 0 Å². The number of nitrogens with zero attached hydrogens (tertiary/aromatic N) is 2. The normalized spacial score (nSPS) is 11.0. The topological polar surface area (TPSA) is 26.5 Å². The highest BCUT2D eigenvalue weighted by Gasteiger charge is 2.10. The number of para-hydroxylation sites is 1. The number of hydrogen-bond donors (Lipinski definition) is 0. The lowest BCUT2D eigenvalue weighted by Gasteiger charge is -1.96. The molecule has 0 atom stereocenters. The Morgan fingerprint density at radius 1 is 1.20 bits per heavy atom. The van der Waals surface area contributed by atoms with Crippen LogP contribution in [0.1, 0.15) is 0 Å². The molecule has 3 rings (SSSR count). The van der Waals surface area contributed by atoms with Crippen LogP contribution in [0.3, 0.4) is 0 Å². The van der Waals surface area contributed by atoms with Crippen molar-refractivity contribution in [3.05, 3.63) is 42.9 Å². The number of rotatable bonds is 1. The summed E-state index contributed by atoms with van der Waals surface area (Å²) in [5.74, 6) is 0.888. The molecule has 1 aromatic carbocycles. The molecule has 3 aromatic rings. The molecule has 15 heavy (non-hydrogen) atoms. The summed E-state index contributed by atoms with van der Waals surface area (Å²) in [5.41, 5.74) is 2.15. The van der Waals surface area contributed by atoms with Crippen molar-refractivity contribution in [2.75, 3.05) is 7.11 Å². The number of benzene rings is 1. The van der Waals surface area contributed by atoms with Crippen LogP contribution in [0.25, 0.3) is 16.4 Å². The van der Waals surface area contributed by atoms with E-state index in [-0.39, 0.29) is 0 Å². The van der Waals surface area contributed by atoms with Gasteiger partial charge >= 0.3 is 0 Å². The Balaban J connectivity index is 2.62. The first kappa shape index (κ1) is 8.29. The van der Waals surface area contributed by atoms with Crippen LogP contribution >= 0.6 is 0 Å². The van der Waals surface area contributed by atoms with Crippen LogP contribution in [0.4, 0.5) is 0 Å². The number of hydrogen-bond acceptors (Lipinski definition) is 2. The van der Waals surface area contributed by atoms with E-state index < -0.39 is 0 Å². The van der Waals surface area contributed by atoms with Crippen molar-refractivity contribution in [2.24, 2.45) is 0 Å². The van der Waals surface area contributed by atoms with Crippen LogP contribution in [0.15, 0.2) is 42.9 Å². The Hall–Kier alpha value is -2.03. The minimum atomic E-state index is 0.888. The summed E-state index contributed by atoms with van der Waals surface area (Å²) in [4.78, 5) is 4.12. The van der Waals surface area contributed by atoms with Crippen LogP contribution in [-0.4, -0.2) is 16.5 Å². The zero-order valence-electron chi connectivity index (χ0n) is 8.34. The van der Waals surface area contributed by atoms with Crippen LogP contribution in [0, 0.1) is 0 Å². The van der Waals surface area contributed by atoms with Gasteiger partial charge < -0.3 is 9.14 Å². The van der Waals surface area contributed by atoms with E-state index in [1.807, 2.05) is 24.5 Å². The fourth-order valence-electron chi connectivity index (χ4n) is 1.97. The summed E-state index contributed by atoms with van der Waals surface area (Å²) in [6.07, 6.45) is 5.54. The molecule has 0 aliphatic heterocycles. The van der Waals surface area contributed by atoms with Gasteiger partial charge in [0.25, 0.3) is 0 Å². The van der Waals surface area contributed by atoms with E-state index in [1.165, 1.54) is 0 Å².